The van der Waals surface area contributed by atoms with Gasteiger partial charge in [0.15, 0.2) is 0 Å². The summed E-state index contributed by atoms with van der Waals surface area (Å²) in [5.41, 5.74) is 9.75. The number of alkyl halides is 1. The van der Waals surface area contributed by atoms with E-state index < -0.39 is 41.3 Å². The normalized spacial score (nSPS) is 27.3. The molecule has 0 saturated carbocycles. The zero-order chi connectivity index (χ0) is 19.8. The molecular weight excluding hydrogens is 422 g/mol. The first-order chi connectivity index (χ1) is 12.9. The molecule has 1 aromatic carbocycles. The molecule has 2 rings (SSSR count). The monoisotopic (exact) mass is 441 g/mol. The maximum atomic E-state index is 11.6. The molecule has 1 aromatic rings. The Labute approximate surface area is 164 Å². The van der Waals surface area contributed by atoms with Crippen molar-refractivity contribution in [2.24, 2.45) is 5.11 Å². The number of hydrogen-bond donors (Lipinski definition) is 0. The third kappa shape index (κ3) is 6.21. The zero-order valence-electron chi connectivity index (χ0n) is 14.9. The molecule has 0 aromatic heterocycles. The quantitative estimate of drug-likeness (QED) is 0.211. The Balaban J connectivity index is 2.26. The number of esters is 2. The largest absolute Gasteiger partial charge is 0.463 e. The second-order valence-corrected chi connectivity index (χ2v) is 6.76. The topological polar surface area (TPSA) is 120 Å². The molecule has 27 heavy (non-hydrogen) atoms. The van der Waals surface area contributed by atoms with Gasteiger partial charge in [-0.05, 0) is 11.1 Å². The predicted molar refractivity (Wildman–Crippen MR) is 97.7 cm³/mol. The van der Waals surface area contributed by atoms with Gasteiger partial charge in [0.05, 0.1) is 6.61 Å². The number of benzene rings is 1. The van der Waals surface area contributed by atoms with Crippen molar-refractivity contribution in [3.63, 3.8) is 0 Å². The summed E-state index contributed by atoms with van der Waals surface area (Å²) in [5.74, 6) is -1.04. The van der Waals surface area contributed by atoms with E-state index in [2.05, 4.69) is 26.0 Å². The van der Waals surface area contributed by atoms with Crippen molar-refractivity contribution < 1.29 is 28.5 Å². The predicted octanol–water partition coefficient (Wildman–Crippen LogP) is 2.87. The molecule has 0 bridgehead atoms. The van der Waals surface area contributed by atoms with Crippen LogP contribution in [0.4, 0.5) is 0 Å². The first-order valence-electron chi connectivity index (χ1n) is 8.22. The van der Waals surface area contributed by atoms with Gasteiger partial charge in [-0.25, -0.2) is 0 Å². The minimum atomic E-state index is -0.916. The fourth-order valence-electron chi connectivity index (χ4n) is 2.69. The van der Waals surface area contributed by atoms with Crippen molar-refractivity contribution >= 4 is 27.9 Å². The second kappa shape index (κ2) is 10.3. The minimum Gasteiger partial charge on any atom is -0.463 e. The standard InChI is InChI=1S/C17H20BrN3O6/c1-10(22)24-9-13-15(25-8-12-6-4-3-5-7-12)16(26-11(2)23)14(20-21-19)17(18)27-13/h3-7,13-17H,8-9H2,1-2H3/t13-,14-,15+,16-,17+/m1/s1. The van der Waals surface area contributed by atoms with E-state index in [0.717, 1.165) is 5.56 Å². The molecule has 0 aliphatic carbocycles. The van der Waals surface area contributed by atoms with E-state index >= 15 is 0 Å². The molecule has 10 heteroatoms. The summed E-state index contributed by atoms with van der Waals surface area (Å²) >= 11 is 3.28. The van der Waals surface area contributed by atoms with Gasteiger partial charge in [-0.1, -0.05) is 51.4 Å². The van der Waals surface area contributed by atoms with Crippen LogP contribution in [0.5, 0.6) is 0 Å². The van der Waals surface area contributed by atoms with Crippen LogP contribution in [0.1, 0.15) is 19.4 Å². The molecular formula is C17H20BrN3O6. The maximum absolute atomic E-state index is 11.6. The van der Waals surface area contributed by atoms with Crippen LogP contribution in [0.3, 0.4) is 0 Å². The van der Waals surface area contributed by atoms with E-state index in [0.29, 0.717) is 0 Å². The van der Waals surface area contributed by atoms with Gasteiger partial charge in [0.1, 0.15) is 36.0 Å². The number of halogens is 1. The third-order valence-electron chi connectivity index (χ3n) is 3.82. The molecule has 0 unspecified atom stereocenters. The first kappa shape index (κ1) is 21.2. The van der Waals surface area contributed by atoms with Crippen LogP contribution < -0.4 is 0 Å². The number of hydrogen-bond acceptors (Lipinski definition) is 7. The minimum absolute atomic E-state index is 0.0996. The van der Waals surface area contributed by atoms with Crippen molar-refractivity contribution in [2.45, 2.75) is 49.8 Å². The summed E-state index contributed by atoms with van der Waals surface area (Å²) in [7, 11) is 0. The molecule has 0 spiro atoms. The lowest BCUT2D eigenvalue weighted by atomic mass is 9.98. The van der Waals surface area contributed by atoms with Crippen LogP contribution in [0.15, 0.2) is 35.4 Å². The summed E-state index contributed by atoms with van der Waals surface area (Å²) in [5, 5.41) is 2.94. The Kier molecular flexibility index (Phi) is 8.05. The number of carbonyl (C=O) groups is 2. The Morgan fingerprint density at radius 3 is 2.52 bits per heavy atom. The van der Waals surface area contributed by atoms with E-state index in [4.69, 9.17) is 24.5 Å². The average Bonchev–Trinajstić information content (AvgIpc) is 2.62. The van der Waals surface area contributed by atoms with Crippen molar-refractivity contribution in [3.05, 3.63) is 46.3 Å². The average molecular weight is 442 g/mol. The van der Waals surface area contributed by atoms with Gasteiger partial charge in [-0.15, -0.1) is 0 Å². The lowest BCUT2D eigenvalue weighted by Crippen LogP contribution is -2.58. The summed E-state index contributed by atoms with van der Waals surface area (Å²) < 4.78 is 22.2. The lowest BCUT2D eigenvalue weighted by Gasteiger charge is -2.42. The second-order valence-electron chi connectivity index (χ2n) is 5.86. The van der Waals surface area contributed by atoms with Gasteiger partial charge in [0, 0.05) is 18.8 Å². The summed E-state index contributed by atoms with van der Waals surface area (Å²) in [4.78, 5) is 25.6. The van der Waals surface area contributed by atoms with Crippen molar-refractivity contribution in [1.29, 1.82) is 0 Å². The van der Waals surface area contributed by atoms with Crippen LogP contribution >= 0.6 is 15.9 Å². The molecule has 1 heterocycles. The number of azide groups is 1. The van der Waals surface area contributed by atoms with Crippen LogP contribution in [-0.2, 0) is 35.1 Å². The highest BCUT2D eigenvalue weighted by molar-refractivity contribution is 9.09. The molecule has 146 valence electrons. The Hall–Kier alpha value is -2.13. The highest BCUT2D eigenvalue weighted by Gasteiger charge is 2.48. The molecule has 9 nitrogen and oxygen atoms in total. The van der Waals surface area contributed by atoms with E-state index in [1.807, 2.05) is 30.3 Å². The van der Waals surface area contributed by atoms with E-state index in [9.17, 15) is 9.59 Å². The molecule has 1 fully saturated rings. The molecule has 0 amide bonds. The van der Waals surface area contributed by atoms with Crippen LogP contribution in [0.2, 0.25) is 0 Å². The smallest absolute Gasteiger partial charge is 0.303 e. The van der Waals surface area contributed by atoms with Gasteiger partial charge < -0.3 is 18.9 Å². The molecule has 1 saturated heterocycles. The Bertz CT molecular complexity index is 697. The summed E-state index contributed by atoms with van der Waals surface area (Å²) in [6, 6.07) is 8.52. The number of rotatable bonds is 7. The summed E-state index contributed by atoms with van der Waals surface area (Å²) in [6.45, 7) is 2.64. The van der Waals surface area contributed by atoms with E-state index in [1.54, 1.807) is 0 Å². The maximum Gasteiger partial charge on any atom is 0.303 e. The third-order valence-corrected chi connectivity index (χ3v) is 4.58. The van der Waals surface area contributed by atoms with Gasteiger partial charge in [-0.2, -0.15) is 0 Å². The van der Waals surface area contributed by atoms with Gasteiger partial charge in [0.2, 0.25) is 0 Å². The number of carbonyl (C=O) groups excluding carboxylic acids is 2. The fraction of sp³-hybridized carbons (Fsp3) is 0.529. The zero-order valence-corrected chi connectivity index (χ0v) is 16.4. The van der Waals surface area contributed by atoms with Crippen molar-refractivity contribution in [2.75, 3.05) is 6.61 Å². The van der Waals surface area contributed by atoms with Crippen molar-refractivity contribution in [3.8, 4) is 0 Å². The summed E-state index contributed by atoms with van der Waals surface area (Å²) in [6.07, 6.45) is -2.45. The van der Waals surface area contributed by atoms with Crippen LogP contribution in [0, 0.1) is 0 Å². The Morgan fingerprint density at radius 2 is 1.93 bits per heavy atom. The van der Waals surface area contributed by atoms with E-state index in [-0.39, 0.29) is 13.2 Å². The van der Waals surface area contributed by atoms with Gasteiger partial charge >= 0.3 is 11.9 Å². The van der Waals surface area contributed by atoms with Crippen molar-refractivity contribution in [1.82, 2.24) is 0 Å². The molecule has 0 N–H and O–H groups in total. The Morgan fingerprint density at radius 1 is 1.22 bits per heavy atom. The fourth-order valence-corrected chi connectivity index (χ4v) is 3.37. The van der Waals surface area contributed by atoms with Crippen LogP contribution in [-0.4, -0.2) is 47.9 Å². The van der Waals surface area contributed by atoms with Gasteiger partial charge in [0.25, 0.3) is 0 Å². The number of ether oxygens (including phenoxy) is 4. The van der Waals surface area contributed by atoms with Gasteiger partial charge in [-0.3, -0.25) is 9.59 Å². The van der Waals surface area contributed by atoms with Crippen LogP contribution in [0.25, 0.3) is 10.4 Å². The number of nitrogens with zero attached hydrogens (tertiary/aromatic N) is 3. The van der Waals surface area contributed by atoms with E-state index in [1.165, 1.54) is 13.8 Å². The first-order valence-corrected chi connectivity index (χ1v) is 9.13. The lowest BCUT2D eigenvalue weighted by molar-refractivity contribution is -0.208. The molecule has 1 aliphatic heterocycles. The molecule has 1 aliphatic rings. The molecule has 5 atom stereocenters. The highest BCUT2D eigenvalue weighted by atomic mass is 79.9. The highest BCUT2D eigenvalue weighted by Crippen LogP contribution is 2.32. The molecule has 0 radical (unpaired) electrons. The SMILES string of the molecule is CC(=O)OC[C@H]1O[C@H](Br)[C@H](N=[N+]=[N-])[C@@H](OC(C)=O)[C@H]1OCc1ccccc1.